The van der Waals surface area contributed by atoms with E-state index in [0.29, 0.717) is 6.04 Å². The maximum Gasteiger partial charge on any atom is 0.124 e. The van der Waals surface area contributed by atoms with Crippen molar-refractivity contribution < 1.29 is 4.74 Å². The van der Waals surface area contributed by atoms with E-state index >= 15 is 0 Å². The quantitative estimate of drug-likeness (QED) is 0.874. The summed E-state index contributed by atoms with van der Waals surface area (Å²) >= 11 is 0. The molecule has 0 spiro atoms. The minimum Gasteiger partial charge on any atom is -0.487 e. The van der Waals surface area contributed by atoms with Gasteiger partial charge in [0.25, 0.3) is 0 Å². The Morgan fingerprint density at radius 3 is 2.75 bits per heavy atom. The van der Waals surface area contributed by atoms with Crippen LogP contribution in [0.4, 0.5) is 0 Å². The average molecular weight is 273 g/mol. The van der Waals surface area contributed by atoms with E-state index in [9.17, 15) is 0 Å². The molecule has 0 saturated heterocycles. The van der Waals surface area contributed by atoms with Gasteiger partial charge in [-0.05, 0) is 38.8 Å². The van der Waals surface area contributed by atoms with Crippen molar-refractivity contribution in [1.82, 2.24) is 5.32 Å². The minimum atomic E-state index is -0.0701. The lowest BCUT2D eigenvalue weighted by Gasteiger charge is -2.38. The standard InChI is InChI=1S/C18H27NO/c1-18(2)13-16(15-9-5-6-10-17(15)20-18)19-12-11-14-7-3-4-8-14/h5-6,9-10,14,16,19H,3-4,7-8,11-13H2,1-2H3. The first-order valence-electron chi connectivity index (χ1n) is 8.15. The first-order valence-corrected chi connectivity index (χ1v) is 8.15. The highest BCUT2D eigenvalue weighted by Crippen LogP contribution is 2.39. The molecule has 0 radical (unpaired) electrons. The summed E-state index contributed by atoms with van der Waals surface area (Å²) in [7, 11) is 0. The van der Waals surface area contributed by atoms with Gasteiger partial charge in [0.1, 0.15) is 11.4 Å². The van der Waals surface area contributed by atoms with Gasteiger partial charge in [0, 0.05) is 18.0 Å². The number of fused-ring (bicyclic) bond motifs is 1. The van der Waals surface area contributed by atoms with Crippen LogP contribution in [0.3, 0.4) is 0 Å². The second kappa shape index (κ2) is 5.77. The van der Waals surface area contributed by atoms with Crippen molar-refractivity contribution in [2.24, 2.45) is 5.92 Å². The Balaban J connectivity index is 1.62. The fraction of sp³-hybridized carbons (Fsp3) is 0.667. The lowest BCUT2D eigenvalue weighted by molar-refractivity contribution is 0.0658. The van der Waals surface area contributed by atoms with Crippen LogP contribution < -0.4 is 10.1 Å². The lowest BCUT2D eigenvalue weighted by atomic mass is 9.89. The number of hydrogen-bond donors (Lipinski definition) is 1. The summed E-state index contributed by atoms with van der Waals surface area (Å²) in [5.74, 6) is 2.02. The smallest absolute Gasteiger partial charge is 0.124 e. The van der Waals surface area contributed by atoms with Gasteiger partial charge >= 0.3 is 0 Å². The number of nitrogens with one attached hydrogen (secondary N) is 1. The van der Waals surface area contributed by atoms with Gasteiger partial charge in [0.05, 0.1) is 0 Å². The maximum atomic E-state index is 6.09. The fourth-order valence-electron chi connectivity index (χ4n) is 3.75. The van der Waals surface area contributed by atoms with E-state index in [1.54, 1.807) is 0 Å². The summed E-state index contributed by atoms with van der Waals surface area (Å²) in [6.45, 7) is 5.52. The van der Waals surface area contributed by atoms with Gasteiger partial charge in [0.15, 0.2) is 0 Å². The summed E-state index contributed by atoms with van der Waals surface area (Å²) in [5, 5.41) is 3.78. The SMILES string of the molecule is CC1(C)CC(NCCC2CCCC2)c2ccccc2O1. The van der Waals surface area contributed by atoms with Gasteiger partial charge in [-0.1, -0.05) is 43.9 Å². The Bertz CT molecular complexity index is 448. The molecule has 1 unspecified atom stereocenters. The van der Waals surface area contributed by atoms with E-state index in [1.165, 1.54) is 37.7 Å². The molecule has 1 fully saturated rings. The number of rotatable bonds is 4. The number of para-hydroxylation sites is 1. The first-order chi connectivity index (χ1) is 9.64. The molecule has 20 heavy (non-hydrogen) atoms. The highest BCUT2D eigenvalue weighted by Gasteiger charge is 2.33. The van der Waals surface area contributed by atoms with Crippen LogP contribution in [0.5, 0.6) is 5.75 Å². The number of benzene rings is 1. The fourth-order valence-corrected chi connectivity index (χ4v) is 3.75. The van der Waals surface area contributed by atoms with Gasteiger partial charge in [-0.3, -0.25) is 0 Å². The second-order valence-corrected chi connectivity index (χ2v) is 7.05. The van der Waals surface area contributed by atoms with Crippen LogP contribution in [0.1, 0.15) is 64.0 Å². The molecule has 1 saturated carbocycles. The third-order valence-electron chi connectivity index (χ3n) is 4.79. The number of ether oxygens (including phenoxy) is 1. The summed E-state index contributed by atoms with van der Waals surface area (Å²) in [4.78, 5) is 0. The van der Waals surface area contributed by atoms with Crippen LogP contribution in [-0.2, 0) is 0 Å². The van der Waals surface area contributed by atoms with Gasteiger partial charge in [-0.25, -0.2) is 0 Å². The predicted molar refractivity (Wildman–Crippen MR) is 83.1 cm³/mol. The molecule has 2 aliphatic rings. The summed E-state index contributed by atoms with van der Waals surface area (Å²) in [5.41, 5.74) is 1.26. The molecule has 3 rings (SSSR count). The molecule has 2 nitrogen and oxygen atoms in total. The van der Waals surface area contributed by atoms with Crippen LogP contribution in [0, 0.1) is 5.92 Å². The van der Waals surface area contributed by atoms with Crippen molar-refractivity contribution in [2.75, 3.05) is 6.54 Å². The van der Waals surface area contributed by atoms with Crippen LogP contribution in [0.2, 0.25) is 0 Å². The van der Waals surface area contributed by atoms with Gasteiger partial charge in [-0.15, -0.1) is 0 Å². The molecule has 110 valence electrons. The molecule has 1 atom stereocenters. The van der Waals surface area contributed by atoms with Crippen molar-refractivity contribution >= 4 is 0 Å². The van der Waals surface area contributed by atoms with E-state index in [2.05, 4.69) is 43.4 Å². The predicted octanol–water partition coefficient (Wildman–Crippen LogP) is 4.46. The Morgan fingerprint density at radius 2 is 1.95 bits per heavy atom. The van der Waals surface area contributed by atoms with Crippen LogP contribution in [-0.4, -0.2) is 12.1 Å². The lowest BCUT2D eigenvalue weighted by Crippen LogP contribution is -2.39. The van der Waals surface area contributed by atoms with E-state index < -0.39 is 0 Å². The van der Waals surface area contributed by atoms with Crippen LogP contribution >= 0.6 is 0 Å². The second-order valence-electron chi connectivity index (χ2n) is 7.05. The van der Waals surface area contributed by atoms with E-state index in [-0.39, 0.29) is 5.60 Å². The largest absolute Gasteiger partial charge is 0.487 e. The van der Waals surface area contributed by atoms with Crippen molar-refractivity contribution in [1.29, 1.82) is 0 Å². The van der Waals surface area contributed by atoms with E-state index in [1.807, 2.05) is 0 Å². The molecule has 1 aromatic carbocycles. The van der Waals surface area contributed by atoms with Crippen molar-refractivity contribution in [3.63, 3.8) is 0 Å². The monoisotopic (exact) mass is 273 g/mol. The van der Waals surface area contributed by atoms with Crippen LogP contribution in [0.15, 0.2) is 24.3 Å². The normalized spacial score (nSPS) is 25.2. The van der Waals surface area contributed by atoms with Crippen molar-refractivity contribution in [3.8, 4) is 5.75 Å². The molecule has 2 heteroatoms. The Morgan fingerprint density at radius 1 is 1.20 bits per heavy atom. The Labute approximate surface area is 122 Å². The van der Waals surface area contributed by atoms with E-state index in [0.717, 1.165) is 24.6 Å². The van der Waals surface area contributed by atoms with Crippen LogP contribution in [0.25, 0.3) is 0 Å². The average Bonchev–Trinajstić information content (AvgIpc) is 2.90. The Kier molecular flexibility index (Phi) is 4.02. The molecular weight excluding hydrogens is 246 g/mol. The molecule has 1 aromatic rings. The molecule has 0 amide bonds. The third kappa shape index (κ3) is 3.17. The summed E-state index contributed by atoms with van der Waals surface area (Å²) in [6.07, 6.45) is 8.15. The maximum absolute atomic E-state index is 6.09. The van der Waals surface area contributed by atoms with Gasteiger partial charge in [0.2, 0.25) is 0 Å². The topological polar surface area (TPSA) is 21.3 Å². The minimum absolute atomic E-state index is 0.0701. The molecule has 1 N–H and O–H groups in total. The molecule has 0 aromatic heterocycles. The number of hydrogen-bond acceptors (Lipinski definition) is 2. The zero-order valence-electron chi connectivity index (χ0n) is 12.8. The summed E-state index contributed by atoms with van der Waals surface area (Å²) < 4.78 is 6.09. The molecule has 0 bridgehead atoms. The highest BCUT2D eigenvalue weighted by atomic mass is 16.5. The van der Waals surface area contributed by atoms with E-state index in [4.69, 9.17) is 4.74 Å². The summed E-state index contributed by atoms with van der Waals surface area (Å²) in [6, 6.07) is 8.93. The highest BCUT2D eigenvalue weighted by molar-refractivity contribution is 5.38. The molecular formula is C18H27NO. The third-order valence-corrected chi connectivity index (χ3v) is 4.79. The molecule has 1 aliphatic carbocycles. The molecule has 1 aliphatic heterocycles. The van der Waals surface area contributed by atoms with Gasteiger partial charge < -0.3 is 10.1 Å². The zero-order valence-corrected chi connectivity index (χ0v) is 12.8. The Hall–Kier alpha value is -1.02. The zero-order chi connectivity index (χ0) is 14.0. The van der Waals surface area contributed by atoms with Crippen molar-refractivity contribution in [2.45, 2.75) is 64.0 Å². The first kappa shape index (κ1) is 13.9. The van der Waals surface area contributed by atoms with Gasteiger partial charge in [-0.2, -0.15) is 0 Å². The molecule has 1 heterocycles. The van der Waals surface area contributed by atoms with Crippen molar-refractivity contribution in [3.05, 3.63) is 29.8 Å².